The van der Waals surface area contributed by atoms with Gasteiger partial charge in [-0.3, -0.25) is 4.79 Å². The average Bonchev–Trinajstić information content (AvgIpc) is 2.58. The number of carbonyl (C=O) groups excluding carboxylic acids is 2. The van der Waals surface area contributed by atoms with Gasteiger partial charge < -0.3 is 16.0 Å². The Balaban J connectivity index is 1.75. The van der Waals surface area contributed by atoms with Crippen LogP contribution >= 0.6 is 0 Å². The van der Waals surface area contributed by atoms with E-state index in [1.54, 1.807) is 0 Å². The van der Waals surface area contributed by atoms with Gasteiger partial charge >= 0.3 is 6.03 Å². The lowest BCUT2D eigenvalue weighted by atomic mass is 10.1. The lowest BCUT2D eigenvalue weighted by Crippen LogP contribution is -2.40. The zero-order chi connectivity index (χ0) is 19.1. The maximum absolute atomic E-state index is 12.1. The first kappa shape index (κ1) is 19.5. The molecule has 0 radical (unpaired) electrons. The average molecular weight is 353 g/mol. The van der Waals surface area contributed by atoms with Gasteiger partial charge in [0.15, 0.2) is 0 Å². The van der Waals surface area contributed by atoms with Crippen molar-refractivity contribution in [3.63, 3.8) is 0 Å². The molecule has 2 aromatic rings. The topological polar surface area (TPSA) is 70.2 Å². The molecular weight excluding hydrogens is 326 g/mol. The summed E-state index contributed by atoms with van der Waals surface area (Å²) in [5.74, 6) is -0.242. The van der Waals surface area contributed by atoms with Gasteiger partial charge in [0.25, 0.3) is 0 Å². The van der Waals surface area contributed by atoms with Crippen LogP contribution in [0.25, 0.3) is 0 Å². The van der Waals surface area contributed by atoms with Crippen molar-refractivity contribution in [3.8, 4) is 0 Å². The summed E-state index contributed by atoms with van der Waals surface area (Å²) in [4.78, 5) is 23.9. The molecule has 2 rings (SSSR count). The molecule has 138 valence electrons. The van der Waals surface area contributed by atoms with Crippen LogP contribution in [0, 0.1) is 27.7 Å². The number of benzene rings is 2. The molecule has 0 aliphatic heterocycles. The fraction of sp³-hybridized carbons (Fsp3) is 0.333. The summed E-state index contributed by atoms with van der Waals surface area (Å²) in [5.41, 5.74) is 6.40. The van der Waals surface area contributed by atoms with Crippen molar-refractivity contribution in [3.05, 3.63) is 64.2 Å². The molecule has 26 heavy (non-hydrogen) atoms. The summed E-state index contributed by atoms with van der Waals surface area (Å²) in [6.45, 7) is 8.45. The van der Waals surface area contributed by atoms with Gasteiger partial charge in [-0.25, -0.2) is 4.79 Å². The van der Waals surface area contributed by atoms with Gasteiger partial charge in [0.2, 0.25) is 5.91 Å². The normalized spacial score (nSPS) is 10.3. The Morgan fingerprint density at radius 1 is 0.885 bits per heavy atom. The van der Waals surface area contributed by atoms with Crippen LogP contribution < -0.4 is 16.0 Å². The van der Waals surface area contributed by atoms with Crippen molar-refractivity contribution in [1.29, 1.82) is 0 Å². The van der Waals surface area contributed by atoms with E-state index in [0.717, 1.165) is 28.8 Å². The Hall–Kier alpha value is -2.82. The Kier molecular flexibility index (Phi) is 6.78. The standard InChI is InChI=1S/C21H27N3O2/c1-14-11-16(3)20(17(4)12-14)24-19(25)13-23-21(26)22-10-9-18-8-6-5-7-15(18)2/h5-8,11-12H,9-10,13H2,1-4H3,(H,24,25)(H2,22,23,26). The van der Waals surface area contributed by atoms with Crippen LogP contribution in [0.5, 0.6) is 0 Å². The Bertz CT molecular complexity index is 777. The van der Waals surface area contributed by atoms with Crippen molar-refractivity contribution in [1.82, 2.24) is 10.6 Å². The van der Waals surface area contributed by atoms with Crippen LogP contribution in [0.4, 0.5) is 10.5 Å². The van der Waals surface area contributed by atoms with E-state index >= 15 is 0 Å². The first-order valence-electron chi connectivity index (χ1n) is 8.80. The van der Waals surface area contributed by atoms with Crippen molar-refractivity contribution in [2.45, 2.75) is 34.1 Å². The second kappa shape index (κ2) is 9.04. The highest BCUT2D eigenvalue weighted by Crippen LogP contribution is 2.21. The minimum Gasteiger partial charge on any atom is -0.338 e. The molecule has 0 unspecified atom stereocenters. The molecule has 0 spiro atoms. The minimum absolute atomic E-state index is 0.0665. The molecule has 0 bridgehead atoms. The van der Waals surface area contributed by atoms with E-state index in [0.29, 0.717) is 6.54 Å². The van der Waals surface area contributed by atoms with E-state index in [-0.39, 0.29) is 18.5 Å². The van der Waals surface area contributed by atoms with Gasteiger partial charge in [0.05, 0.1) is 6.54 Å². The molecular formula is C21H27N3O2. The van der Waals surface area contributed by atoms with Gasteiger partial charge in [0.1, 0.15) is 0 Å². The highest BCUT2D eigenvalue weighted by atomic mass is 16.2. The quantitative estimate of drug-likeness (QED) is 0.745. The Labute approximate surface area is 155 Å². The van der Waals surface area contributed by atoms with Crippen LogP contribution in [0.2, 0.25) is 0 Å². The number of nitrogens with one attached hydrogen (secondary N) is 3. The Morgan fingerprint density at radius 2 is 1.54 bits per heavy atom. The van der Waals surface area contributed by atoms with E-state index in [9.17, 15) is 9.59 Å². The predicted octanol–water partition coefficient (Wildman–Crippen LogP) is 3.40. The van der Waals surface area contributed by atoms with E-state index in [4.69, 9.17) is 0 Å². The number of anilines is 1. The smallest absolute Gasteiger partial charge is 0.315 e. The third-order valence-electron chi connectivity index (χ3n) is 4.29. The van der Waals surface area contributed by atoms with E-state index in [2.05, 4.69) is 35.0 Å². The van der Waals surface area contributed by atoms with Crippen LogP contribution in [-0.4, -0.2) is 25.0 Å². The summed E-state index contributed by atoms with van der Waals surface area (Å²) < 4.78 is 0. The number of urea groups is 1. The van der Waals surface area contributed by atoms with Gasteiger partial charge in [0, 0.05) is 12.2 Å². The van der Waals surface area contributed by atoms with Crippen LogP contribution in [-0.2, 0) is 11.2 Å². The summed E-state index contributed by atoms with van der Waals surface area (Å²) in [5, 5.41) is 8.24. The lowest BCUT2D eigenvalue weighted by Gasteiger charge is -2.13. The Morgan fingerprint density at radius 3 is 2.19 bits per heavy atom. The number of hydrogen-bond acceptors (Lipinski definition) is 2. The van der Waals surface area contributed by atoms with Gasteiger partial charge in [-0.1, -0.05) is 42.0 Å². The largest absolute Gasteiger partial charge is 0.338 e. The summed E-state index contributed by atoms with van der Waals surface area (Å²) in [6, 6.07) is 11.8. The first-order chi connectivity index (χ1) is 12.4. The van der Waals surface area contributed by atoms with Crippen LogP contribution in [0.3, 0.4) is 0 Å². The third-order valence-corrected chi connectivity index (χ3v) is 4.29. The van der Waals surface area contributed by atoms with E-state index < -0.39 is 0 Å². The molecule has 0 aliphatic rings. The fourth-order valence-electron chi connectivity index (χ4n) is 2.99. The number of hydrogen-bond donors (Lipinski definition) is 3. The molecule has 3 N–H and O–H groups in total. The predicted molar refractivity (Wildman–Crippen MR) is 106 cm³/mol. The first-order valence-corrected chi connectivity index (χ1v) is 8.80. The molecule has 0 aliphatic carbocycles. The van der Waals surface area contributed by atoms with E-state index in [1.165, 1.54) is 11.1 Å². The molecule has 3 amide bonds. The maximum atomic E-state index is 12.1. The van der Waals surface area contributed by atoms with Crippen molar-refractivity contribution in [2.75, 3.05) is 18.4 Å². The molecule has 0 fully saturated rings. The zero-order valence-corrected chi connectivity index (χ0v) is 15.9. The number of amides is 3. The van der Waals surface area contributed by atoms with Crippen LogP contribution in [0.15, 0.2) is 36.4 Å². The monoisotopic (exact) mass is 353 g/mol. The molecule has 5 heteroatoms. The molecule has 0 heterocycles. The second-order valence-electron chi connectivity index (χ2n) is 6.61. The highest BCUT2D eigenvalue weighted by Gasteiger charge is 2.09. The third kappa shape index (κ3) is 5.62. The van der Waals surface area contributed by atoms with Gasteiger partial charge in [-0.05, 0) is 56.4 Å². The van der Waals surface area contributed by atoms with Gasteiger partial charge in [-0.15, -0.1) is 0 Å². The molecule has 0 saturated carbocycles. The SMILES string of the molecule is Cc1cc(C)c(NC(=O)CNC(=O)NCCc2ccccc2C)c(C)c1. The molecule has 2 aromatic carbocycles. The maximum Gasteiger partial charge on any atom is 0.315 e. The van der Waals surface area contributed by atoms with Gasteiger partial charge in [-0.2, -0.15) is 0 Å². The fourth-order valence-corrected chi connectivity index (χ4v) is 2.99. The minimum atomic E-state index is -0.342. The summed E-state index contributed by atoms with van der Waals surface area (Å²) >= 11 is 0. The van der Waals surface area contributed by atoms with E-state index in [1.807, 2.05) is 45.0 Å². The summed E-state index contributed by atoms with van der Waals surface area (Å²) in [7, 11) is 0. The van der Waals surface area contributed by atoms with Crippen molar-refractivity contribution >= 4 is 17.6 Å². The summed E-state index contributed by atoms with van der Waals surface area (Å²) in [6.07, 6.45) is 0.758. The zero-order valence-electron chi connectivity index (χ0n) is 15.9. The van der Waals surface area contributed by atoms with Crippen molar-refractivity contribution < 1.29 is 9.59 Å². The number of carbonyl (C=O) groups is 2. The van der Waals surface area contributed by atoms with Crippen molar-refractivity contribution in [2.24, 2.45) is 0 Å². The molecule has 0 atom stereocenters. The second-order valence-corrected chi connectivity index (χ2v) is 6.61. The van der Waals surface area contributed by atoms with Crippen LogP contribution in [0.1, 0.15) is 27.8 Å². The lowest BCUT2D eigenvalue weighted by molar-refractivity contribution is -0.115. The number of aryl methyl sites for hydroxylation is 4. The number of rotatable bonds is 6. The molecule has 0 saturated heterocycles. The highest BCUT2D eigenvalue weighted by molar-refractivity contribution is 5.95. The molecule has 0 aromatic heterocycles. The molecule has 5 nitrogen and oxygen atoms in total.